The Bertz CT molecular complexity index is 1240. The second-order valence-electron chi connectivity index (χ2n) is 7.32. The van der Waals surface area contributed by atoms with Gasteiger partial charge in [-0.05, 0) is 58.1 Å². The molecule has 4 heteroatoms. The zero-order valence-corrected chi connectivity index (χ0v) is 18.3. The lowest BCUT2D eigenvalue weighted by Gasteiger charge is -2.11. The van der Waals surface area contributed by atoms with Gasteiger partial charge in [-0.25, -0.2) is 0 Å². The molecule has 0 aliphatic carbocycles. The predicted molar refractivity (Wildman–Crippen MR) is 125 cm³/mol. The van der Waals surface area contributed by atoms with Crippen molar-refractivity contribution in [2.24, 2.45) is 0 Å². The second-order valence-corrected chi connectivity index (χ2v) is 7.32. The SMILES string of the molecule is CC(=O)Oc1cc2cccc(C)c2cc1OC(C)=O.CCc1ccc2ccccc2c1. The Labute approximate surface area is 182 Å². The predicted octanol–water partition coefficient (Wildman–Crippen LogP) is 6.40. The Hall–Kier alpha value is -3.66. The number of hydrogen-bond acceptors (Lipinski definition) is 4. The van der Waals surface area contributed by atoms with Gasteiger partial charge in [-0.1, -0.05) is 67.6 Å². The fourth-order valence-electron chi connectivity index (χ4n) is 3.37. The number of rotatable bonds is 3. The van der Waals surface area contributed by atoms with E-state index in [9.17, 15) is 9.59 Å². The molecule has 0 radical (unpaired) electrons. The molecule has 0 bridgehead atoms. The molecule has 0 amide bonds. The second kappa shape index (κ2) is 9.90. The van der Waals surface area contributed by atoms with Crippen LogP contribution >= 0.6 is 0 Å². The first kappa shape index (κ1) is 22.0. The number of aryl methyl sites for hydroxylation is 2. The van der Waals surface area contributed by atoms with Gasteiger partial charge in [-0.2, -0.15) is 0 Å². The van der Waals surface area contributed by atoms with Gasteiger partial charge in [0, 0.05) is 13.8 Å². The molecular formula is C27H26O4. The summed E-state index contributed by atoms with van der Waals surface area (Å²) in [6, 6.07) is 24.3. The molecule has 158 valence electrons. The maximum atomic E-state index is 11.1. The van der Waals surface area contributed by atoms with Crippen molar-refractivity contribution >= 4 is 33.5 Å². The summed E-state index contributed by atoms with van der Waals surface area (Å²) in [6.07, 6.45) is 1.12. The maximum absolute atomic E-state index is 11.1. The van der Waals surface area contributed by atoms with Gasteiger partial charge in [0.1, 0.15) is 0 Å². The quantitative estimate of drug-likeness (QED) is 0.287. The summed E-state index contributed by atoms with van der Waals surface area (Å²) in [5, 5.41) is 4.55. The average Bonchev–Trinajstić information content (AvgIpc) is 2.74. The van der Waals surface area contributed by atoms with Crippen LogP contribution in [0.2, 0.25) is 0 Å². The minimum atomic E-state index is -0.458. The highest BCUT2D eigenvalue weighted by Crippen LogP contribution is 2.34. The van der Waals surface area contributed by atoms with Crippen LogP contribution < -0.4 is 9.47 Å². The van der Waals surface area contributed by atoms with E-state index in [2.05, 4.69) is 49.4 Å². The van der Waals surface area contributed by atoms with Crippen molar-refractivity contribution in [1.82, 2.24) is 0 Å². The van der Waals surface area contributed by atoms with Crippen LogP contribution in [0.25, 0.3) is 21.5 Å². The van der Waals surface area contributed by atoms with Crippen molar-refractivity contribution in [3.63, 3.8) is 0 Å². The van der Waals surface area contributed by atoms with Gasteiger partial charge >= 0.3 is 11.9 Å². The Morgan fingerprint density at radius 3 is 1.97 bits per heavy atom. The molecule has 4 aromatic rings. The number of ether oxygens (including phenoxy) is 2. The van der Waals surface area contributed by atoms with Crippen LogP contribution in [0, 0.1) is 6.92 Å². The lowest BCUT2D eigenvalue weighted by molar-refractivity contribution is -0.134. The number of carbonyl (C=O) groups is 2. The van der Waals surface area contributed by atoms with Crippen LogP contribution in [-0.4, -0.2) is 11.9 Å². The summed E-state index contributed by atoms with van der Waals surface area (Å²) < 4.78 is 10.2. The fraction of sp³-hybridized carbons (Fsp3) is 0.185. The molecule has 4 rings (SSSR count). The molecule has 0 unspecified atom stereocenters. The van der Waals surface area contributed by atoms with Gasteiger partial charge in [-0.15, -0.1) is 0 Å². The lowest BCUT2D eigenvalue weighted by atomic mass is 10.0. The van der Waals surface area contributed by atoms with E-state index in [-0.39, 0.29) is 11.5 Å². The Morgan fingerprint density at radius 1 is 0.710 bits per heavy atom. The Balaban J connectivity index is 0.000000194. The van der Waals surface area contributed by atoms with Crippen molar-refractivity contribution < 1.29 is 19.1 Å². The molecule has 0 N–H and O–H groups in total. The lowest BCUT2D eigenvalue weighted by Crippen LogP contribution is -2.07. The van der Waals surface area contributed by atoms with E-state index < -0.39 is 11.9 Å². The topological polar surface area (TPSA) is 52.6 Å². The van der Waals surface area contributed by atoms with E-state index in [0.717, 1.165) is 22.8 Å². The molecule has 0 aromatic heterocycles. The molecule has 0 saturated carbocycles. The molecule has 0 heterocycles. The molecule has 0 fully saturated rings. The van der Waals surface area contributed by atoms with Crippen molar-refractivity contribution in [2.75, 3.05) is 0 Å². The Kier molecular flexibility index (Phi) is 7.03. The van der Waals surface area contributed by atoms with Crippen molar-refractivity contribution in [3.05, 3.63) is 83.9 Å². The average molecular weight is 415 g/mol. The summed E-state index contributed by atoms with van der Waals surface area (Å²) in [6.45, 7) is 6.76. The summed E-state index contributed by atoms with van der Waals surface area (Å²) >= 11 is 0. The molecular weight excluding hydrogens is 388 g/mol. The summed E-state index contributed by atoms with van der Waals surface area (Å²) in [5.41, 5.74) is 2.47. The summed E-state index contributed by atoms with van der Waals surface area (Å²) in [5.74, 6) is -0.410. The molecule has 0 atom stereocenters. The summed E-state index contributed by atoms with van der Waals surface area (Å²) in [4.78, 5) is 22.2. The standard InChI is InChI=1S/C15H14O4.C12H12/c1-9-5-4-6-12-7-14(18-10(2)16)15(8-13(9)12)19-11(3)17;1-2-10-7-8-11-5-3-4-6-12(11)9-10/h4-8H,1-3H3;3-9H,2H2,1H3. The van der Waals surface area contributed by atoms with Crippen LogP contribution in [0.3, 0.4) is 0 Å². The third kappa shape index (κ3) is 5.70. The van der Waals surface area contributed by atoms with E-state index in [0.29, 0.717) is 0 Å². The van der Waals surface area contributed by atoms with Crippen molar-refractivity contribution in [2.45, 2.75) is 34.1 Å². The summed E-state index contributed by atoms with van der Waals surface area (Å²) in [7, 11) is 0. The van der Waals surface area contributed by atoms with Gasteiger partial charge in [0.15, 0.2) is 11.5 Å². The van der Waals surface area contributed by atoms with Crippen molar-refractivity contribution in [3.8, 4) is 11.5 Å². The number of esters is 2. The van der Waals surface area contributed by atoms with Gasteiger partial charge in [0.05, 0.1) is 0 Å². The zero-order valence-electron chi connectivity index (χ0n) is 18.3. The molecule has 0 saturated heterocycles. The maximum Gasteiger partial charge on any atom is 0.308 e. The van der Waals surface area contributed by atoms with E-state index in [1.165, 1.54) is 30.2 Å². The van der Waals surface area contributed by atoms with Gasteiger partial charge in [0.25, 0.3) is 0 Å². The first-order chi connectivity index (χ1) is 14.9. The third-order valence-electron chi connectivity index (χ3n) is 4.89. The van der Waals surface area contributed by atoms with Crippen LogP contribution in [0.1, 0.15) is 31.9 Å². The van der Waals surface area contributed by atoms with Gasteiger partial charge < -0.3 is 9.47 Å². The minimum absolute atomic E-state index is 0.251. The minimum Gasteiger partial charge on any atom is -0.423 e. The highest BCUT2D eigenvalue weighted by atomic mass is 16.6. The van der Waals surface area contributed by atoms with Crippen LogP contribution in [0.5, 0.6) is 11.5 Å². The number of fused-ring (bicyclic) bond motifs is 2. The van der Waals surface area contributed by atoms with E-state index in [4.69, 9.17) is 9.47 Å². The molecule has 0 aliphatic heterocycles. The fourth-order valence-corrected chi connectivity index (χ4v) is 3.37. The van der Waals surface area contributed by atoms with Crippen molar-refractivity contribution in [1.29, 1.82) is 0 Å². The monoisotopic (exact) mass is 414 g/mol. The molecule has 4 nitrogen and oxygen atoms in total. The van der Waals surface area contributed by atoms with Gasteiger partial charge in [0.2, 0.25) is 0 Å². The highest BCUT2D eigenvalue weighted by Gasteiger charge is 2.12. The molecule has 0 aliphatic rings. The van der Waals surface area contributed by atoms with Crippen LogP contribution in [-0.2, 0) is 16.0 Å². The largest absolute Gasteiger partial charge is 0.423 e. The van der Waals surface area contributed by atoms with Crippen LogP contribution in [0.15, 0.2) is 72.8 Å². The first-order valence-electron chi connectivity index (χ1n) is 10.2. The molecule has 0 spiro atoms. The van der Waals surface area contributed by atoms with Crippen LogP contribution in [0.4, 0.5) is 0 Å². The zero-order chi connectivity index (χ0) is 22.4. The molecule has 4 aromatic carbocycles. The van der Waals surface area contributed by atoms with E-state index >= 15 is 0 Å². The highest BCUT2D eigenvalue weighted by molar-refractivity contribution is 5.90. The number of carbonyl (C=O) groups excluding carboxylic acids is 2. The first-order valence-corrected chi connectivity index (χ1v) is 10.2. The van der Waals surface area contributed by atoms with E-state index in [1.807, 2.05) is 25.1 Å². The number of benzene rings is 4. The number of hydrogen-bond donors (Lipinski definition) is 0. The smallest absolute Gasteiger partial charge is 0.308 e. The molecule has 31 heavy (non-hydrogen) atoms. The third-order valence-corrected chi connectivity index (χ3v) is 4.89. The van der Waals surface area contributed by atoms with E-state index in [1.54, 1.807) is 12.1 Å². The Morgan fingerprint density at radius 2 is 1.32 bits per heavy atom. The van der Waals surface area contributed by atoms with Gasteiger partial charge in [-0.3, -0.25) is 9.59 Å². The normalized spacial score (nSPS) is 10.3.